The van der Waals surface area contributed by atoms with Gasteiger partial charge in [0.15, 0.2) is 5.65 Å². The number of aromatic amines is 1. The van der Waals surface area contributed by atoms with Crippen molar-refractivity contribution in [2.45, 2.75) is 26.7 Å². The summed E-state index contributed by atoms with van der Waals surface area (Å²) < 4.78 is 1.41. The van der Waals surface area contributed by atoms with Crippen molar-refractivity contribution >= 4 is 22.6 Å². The zero-order chi connectivity index (χ0) is 16.7. The minimum atomic E-state index is -0.525. The van der Waals surface area contributed by atoms with Crippen LogP contribution in [0.2, 0.25) is 5.15 Å². The second-order valence-corrected chi connectivity index (χ2v) is 6.13. The lowest BCUT2D eigenvalue weighted by atomic mass is 10.0. The van der Waals surface area contributed by atoms with Crippen molar-refractivity contribution in [3.8, 4) is 5.69 Å². The lowest BCUT2D eigenvalue weighted by Gasteiger charge is -2.16. The van der Waals surface area contributed by atoms with Gasteiger partial charge in [-0.1, -0.05) is 43.6 Å². The monoisotopic (exact) mass is 329 g/mol. The number of hydrogen-bond donors (Lipinski definition) is 1. The number of benzene rings is 1. The second-order valence-electron chi connectivity index (χ2n) is 5.78. The number of hydrogen-bond acceptors (Lipinski definition) is 3. The summed E-state index contributed by atoms with van der Waals surface area (Å²) in [5.74, 6) is 0.209. The van der Waals surface area contributed by atoms with Crippen LogP contribution in [-0.4, -0.2) is 14.5 Å². The van der Waals surface area contributed by atoms with Gasteiger partial charge in [0.25, 0.3) is 5.56 Å². The second kappa shape index (κ2) is 5.66. The molecule has 0 saturated carbocycles. The quantitative estimate of drug-likeness (QED) is 0.734. The van der Waals surface area contributed by atoms with Crippen LogP contribution in [0.25, 0.3) is 16.7 Å². The van der Waals surface area contributed by atoms with Gasteiger partial charge in [0.1, 0.15) is 5.15 Å². The normalized spacial score (nSPS) is 11.3. The third-order valence-corrected chi connectivity index (χ3v) is 4.19. The minimum absolute atomic E-state index is 0.209. The van der Waals surface area contributed by atoms with Gasteiger partial charge in [-0.2, -0.15) is 0 Å². The molecule has 0 aliphatic heterocycles. The molecule has 3 aromatic rings. The van der Waals surface area contributed by atoms with Crippen molar-refractivity contribution in [1.29, 1.82) is 0 Å². The summed E-state index contributed by atoms with van der Waals surface area (Å²) in [6.45, 7) is 5.86. The van der Waals surface area contributed by atoms with Crippen LogP contribution < -0.4 is 11.2 Å². The maximum Gasteiger partial charge on any atom is 0.334 e. The summed E-state index contributed by atoms with van der Waals surface area (Å²) in [4.78, 5) is 31.2. The number of nitrogens with zero attached hydrogens (tertiary/aromatic N) is 2. The summed E-state index contributed by atoms with van der Waals surface area (Å²) in [6.07, 6.45) is 0. The fourth-order valence-corrected chi connectivity index (χ4v) is 2.77. The zero-order valence-electron chi connectivity index (χ0n) is 13.1. The molecule has 6 heteroatoms. The van der Waals surface area contributed by atoms with Crippen LogP contribution in [0.15, 0.2) is 39.9 Å². The fraction of sp³-hybridized carbons (Fsp3) is 0.235. The molecule has 2 heterocycles. The van der Waals surface area contributed by atoms with Crippen LogP contribution >= 0.6 is 11.6 Å². The largest absolute Gasteiger partial charge is 0.334 e. The highest BCUT2D eigenvalue weighted by Crippen LogP contribution is 2.24. The van der Waals surface area contributed by atoms with E-state index in [4.69, 9.17) is 11.6 Å². The van der Waals surface area contributed by atoms with Crippen molar-refractivity contribution < 1.29 is 0 Å². The molecule has 0 radical (unpaired) electrons. The Morgan fingerprint density at radius 3 is 2.61 bits per heavy atom. The highest BCUT2D eigenvalue weighted by molar-refractivity contribution is 6.30. The van der Waals surface area contributed by atoms with Gasteiger partial charge in [0, 0.05) is 0 Å². The van der Waals surface area contributed by atoms with Crippen LogP contribution in [0.4, 0.5) is 0 Å². The van der Waals surface area contributed by atoms with Crippen LogP contribution in [0, 0.1) is 6.92 Å². The molecule has 0 unspecified atom stereocenters. The van der Waals surface area contributed by atoms with Crippen LogP contribution in [0.3, 0.4) is 0 Å². The van der Waals surface area contributed by atoms with E-state index in [2.05, 4.69) is 9.97 Å². The zero-order valence-corrected chi connectivity index (χ0v) is 13.8. The number of halogens is 1. The Labute approximate surface area is 137 Å². The van der Waals surface area contributed by atoms with E-state index in [1.54, 1.807) is 13.0 Å². The molecular weight excluding hydrogens is 314 g/mol. The van der Waals surface area contributed by atoms with E-state index in [1.165, 1.54) is 4.57 Å². The minimum Gasteiger partial charge on any atom is -0.273 e. The molecule has 0 amide bonds. The predicted octanol–water partition coefficient (Wildman–Crippen LogP) is 3.16. The first kappa shape index (κ1) is 15.5. The van der Waals surface area contributed by atoms with Crippen LogP contribution in [-0.2, 0) is 0 Å². The maximum atomic E-state index is 12.4. The predicted molar refractivity (Wildman–Crippen MR) is 91.8 cm³/mol. The number of pyridine rings is 1. The van der Waals surface area contributed by atoms with Crippen molar-refractivity contribution in [3.63, 3.8) is 0 Å². The van der Waals surface area contributed by atoms with Crippen molar-refractivity contribution in [2.24, 2.45) is 0 Å². The van der Waals surface area contributed by atoms with Gasteiger partial charge < -0.3 is 0 Å². The van der Waals surface area contributed by atoms with E-state index in [0.29, 0.717) is 16.6 Å². The molecule has 1 N–H and O–H groups in total. The van der Waals surface area contributed by atoms with Gasteiger partial charge in [-0.05, 0) is 36.1 Å². The molecule has 1 aromatic carbocycles. The third-order valence-electron chi connectivity index (χ3n) is 3.81. The van der Waals surface area contributed by atoms with Crippen molar-refractivity contribution in [1.82, 2.24) is 14.5 Å². The molecule has 0 saturated heterocycles. The van der Waals surface area contributed by atoms with Crippen LogP contribution in [0.5, 0.6) is 0 Å². The Balaban J connectivity index is 2.51. The average Bonchev–Trinajstić information content (AvgIpc) is 2.50. The number of aromatic nitrogens is 3. The summed E-state index contributed by atoms with van der Waals surface area (Å²) in [5, 5.41) is 0.614. The Morgan fingerprint density at radius 1 is 1.22 bits per heavy atom. The molecular formula is C17H16ClN3O2. The van der Waals surface area contributed by atoms with Gasteiger partial charge in [-0.15, -0.1) is 0 Å². The van der Waals surface area contributed by atoms with Gasteiger partial charge in [0.2, 0.25) is 0 Å². The highest BCUT2D eigenvalue weighted by atomic mass is 35.5. The molecule has 0 spiro atoms. The van der Waals surface area contributed by atoms with E-state index in [0.717, 1.165) is 5.56 Å². The van der Waals surface area contributed by atoms with E-state index >= 15 is 0 Å². The summed E-state index contributed by atoms with van der Waals surface area (Å²) in [6, 6.07) is 9.21. The van der Waals surface area contributed by atoms with E-state index in [-0.39, 0.29) is 16.7 Å². The summed E-state index contributed by atoms with van der Waals surface area (Å²) >= 11 is 6.12. The third kappa shape index (κ3) is 2.57. The molecule has 0 aliphatic carbocycles. The molecule has 0 fully saturated rings. The lowest BCUT2D eigenvalue weighted by molar-refractivity contribution is 0.831. The Kier molecular flexibility index (Phi) is 3.82. The molecule has 5 nitrogen and oxygen atoms in total. The molecule has 118 valence electrons. The van der Waals surface area contributed by atoms with Gasteiger partial charge in [-0.3, -0.25) is 9.78 Å². The molecule has 0 atom stereocenters. The molecule has 0 aliphatic rings. The van der Waals surface area contributed by atoms with E-state index in [9.17, 15) is 9.59 Å². The van der Waals surface area contributed by atoms with E-state index in [1.807, 2.05) is 38.1 Å². The lowest BCUT2D eigenvalue weighted by Crippen LogP contribution is -2.30. The topological polar surface area (TPSA) is 67.8 Å². The SMILES string of the molecule is Cc1cc2c(=O)[nH]c(=O)n(-c3ccccc3C(C)C)c2nc1Cl. The van der Waals surface area contributed by atoms with E-state index < -0.39 is 11.2 Å². The fourth-order valence-electron chi connectivity index (χ4n) is 2.64. The first-order chi connectivity index (χ1) is 10.9. The van der Waals surface area contributed by atoms with Gasteiger partial charge >= 0.3 is 5.69 Å². The molecule has 23 heavy (non-hydrogen) atoms. The molecule has 0 bridgehead atoms. The number of rotatable bonds is 2. The maximum absolute atomic E-state index is 12.4. The summed E-state index contributed by atoms with van der Waals surface area (Å²) in [5.41, 5.74) is 1.65. The Hall–Kier alpha value is -2.40. The number of H-pyrrole nitrogens is 1. The Bertz CT molecular complexity index is 1020. The highest BCUT2D eigenvalue weighted by Gasteiger charge is 2.16. The number of para-hydroxylation sites is 1. The first-order valence-electron chi connectivity index (χ1n) is 7.31. The number of aryl methyl sites for hydroxylation is 1. The Morgan fingerprint density at radius 2 is 1.91 bits per heavy atom. The van der Waals surface area contributed by atoms with Crippen LogP contribution in [0.1, 0.15) is 30.9 Å². The summed E-state index contributed by atoms with van der Waals surface area (Å²) in [7, 11) is 0. The smallest absolute Gasteiger partial charge is 0.273 e. The first-order valence-corrected chi connectivity index (χ1v) is 7.69. The van der Waals surface area contributed by atoms with Crippen molar-refractivity contribution in [2.75, 3.05) is 0 Å². The standard InChI is InChI=1S/C17H16ClN3O2/c1-9(2)11-6-4-5-7-13(11)21-15-12(16(22)20-17(21)23)8-10(3)14(18)19-15/h4-9H,1-3H3,(H,20,22,23). The number of fused-ring (bicyclic) bond motifs is 1. The molecule has 3 rings (SSSR count). The number of nitrogens with one attached hydrogen (secondary N) is 1. The van der Waals surface area contributed by atoms with Crippen molar-refractivity contribution in [3.05, 3.63) is 67.4 Å². The average molecular weight is 330 g/mol. The molecule has 2 aromatic heterocycles. The van der Waals surface area contributed by atoms with Gasteiger partial charge in [0.05, 0.1) is 11.1 Å². The van der Waals surface area contributed by atoms with Gasteiger partial charge in [-0.25, -0.2) is 14.3 Å².